The Hall–Kier alpha value is -1.39. The number of nitrogens with one attached hydrogen (secondary N) is 2. The Morgan fingerprint density at radius 3 is 2.06 bits per heavy atom. The summed E-state index contributed by atoms with van der Waals surface area (Å²) < 4.78 is 0. The Labute approximate surface area is 95.0 Å². The van der Waals surface area contributed by atoms with Crippen LogP contribution in [0.2, 0.25) is 0 Å². The minimum atomic E-state index is -0.400. The average Bonchev–Trinajstić information content (AvgIpc) is 2.50. The fourth-order valence-corrected chi connectivity index (χ4v) is 1.68. The van der Waals surface area contributed by atoms with Crippen LogP contribution in [-0.4, -0.2) is 23.8 Å². The van der Waals surface area contributed by atoms with E-state index in [4.69, 9.17) is 0 Å². The highest BCUT2D eigenvalue weighted by Crippen LogP contribution is 2.18. The molecule has 1 saturated carbocycles. The minimum Gasteiger partial charge on any atom is -0.326 e. The van der Waals surface area contributed by atoms with E-state index in [0.717, 1.165) is 19.3 Å². The average molecular weight is 226 g/mol. The molecular weight excluding hydrogens is 208 g/mol. The van der Waals surface area contributed by atoms with Gasteiger partial charge in [0.05, 0.1) is 0 Å². The summed E-state index contributed by atoms with van der Waals surface area (Å²) in [4.78, 5) is 31.4. The van der Waals surface area contributed by atoms with Crippen LogP contribution >= 0.6 is 0 Å². The second-order valence-corrected chi connectivity index (χ2v) is 4.30. The first-order valence-corrected chi connectivity index (χ1v) is 5.64. The van der Waals surface area contributed by atoms with Gasteiger partial charge in [0.1, 0.15) is 11.8 Å². The van der Waals surface area contributed by atoms with Crippen LogP contribution < -0.4 is 10.6 Å². The third-order valence-corrected chi connectivity index (χ3v) is 2.84. The number of hydrogen-bond acceptors (Lipinski definition) is 3. The predicted molar refractivity (Wildman–Crippen MR) is 58.8 cm³/mol. The van der Waals surface area contributed by atoms with Crippen LogP contribution in [0.1, 0.15) is 39.5 Å². The zero-order valence-electron chi connectivity index (χ0n) is 9.71. The molecule has 0 aromatic carbocycles. The molecule has 2 unspecified atom stereocenters. The van der Waals surface area contributed by atoms with Crippen molar-refractivity contribution in [3.05, 3.63) is 0 Å². The van der Waals surface area contributed by atoms with Gasteiger partial charge in [0, 0.05) is 12.3 Å². The summed E-state index contributed by atoms with van der Waals surface area (Å²) in [6.07, 6.45) is 4.34. The molecule has 0 radical (unpaired) electrons. The van der Waals surface area contributed by atoms with Gasteiger partial charge in [-0.05, 0) is 19.8 Å². The fourth-order valence-electron chi connectivity index (χ4n) is 1.68. The summed E-state index contributed by atoms with van der Waals surface area (Å²) in [6, 6.07) is -0.759. The molecule has 2 rings (SSSR count). The molecule has 2 N–H and O–H groups in total. The van der Waals surface area contributed by atoms with Crippen molar-refractivity contribution >= 4 is 17.7 Å². The largest absolute Gasteiger partial charge is 0.326 e. The lowest BCUT2D eigenvalue weighted by Gasteiger charge is -2.14. The highest BCUT2D eigenvalue weighted by Gasteiger charge is 2.24. The molecule has 0 aromatic heterocycles. The molecule has 0 spiro atoms. The van der Waals surface area contributed by atoms with Gasteiger partial charge in [-0.3, -0.25) is 14.9 Å². The Kier molecular flexibility index (Phi) is 4.46. The molecule has 0 bridgehead atoms. The smallest absolute Gasteiger partial charge is 0.322 e. The molecule has 5 heteroatoms. The molecule has 0 aromatic rings. The molecule has 1 saturated heterocycles. The molecular formula is C11H18N2O3. The lowest BCUT2D eigenvalue weighted by molar-refractivity contribution is -0.124. The topological polar surface area (TPSA) is 75.3 Å². The van der Waals surface area contributed by atoms with E-state index in [0.29, 0.717) is 11.7 Å². The van der Waals surface area contributed by atoms with Gasteiger partial charge in [-0.25, -0.2) is 4.79 Å². The first-order valence-electron chi connectivity index (χ1n) is 5.64. The molecule has 1 aliphatic carbocycles. The number of urea groups is 1. The second-order valence-electron chi connectivity index (χ2n) is 4.30. The van der Waals surface area contributed by atoms with E-state index in [1.807, 2.05) is 6.92 Å². The van der Waals surface area contributed by atoms with Crippen molar-refractivity contribution in [3.8, 4) is 0 Å². The van der Waals surface area contributed by atoms with Crippen LogP contribution in [0.5, 0.6) is 0 Å². The van der Waals surface area contributed by atoms with Gasteiger partial charge >= 0.3 is 6.03 Å². The summed E-state index contributed by atoms with van der Waals surface area (Å²) in [5, 5.41) is 4.44. The lowest BCUT2D eigenvalue weighted by atomic mass is 9.90. The van der Waals surface area contributed by atoms with E-state index in [2.05, 4.69) is 10.6 Å². The van der Waals surface area contributed by atoms with Gasteiger partial charge in [-0.15, -0.1) is 0 Å². The summed E-state index contributed by atoms with van der Waals surface area (Å²) in [7, 11) is 0. The van der Waals surface area contributed by atoms with E-state index >= 15 is 0 Å². The normalized spacial score (nSPS) is 29.0. The summed E-state index contributed by atoms with van der Waals surface area (Å²) >= 11 is 0. The summed E-state index contributed by atoms with van der Waals surface area (Å²) in [5.41, 5.74) is 0. The number of amides is 3. The molecule has 16 heavy (non-hydrogen) atoms. The number of ketones is 1. The van der Waals surface area contributed by atoms with Crippen LogP contribution in [0.25, 0.3) is 0 Å². The fraction of sp³-hybridized carbons (Fsp3) is 0.727. The van der Waals surface area contributed by atoms with Crippen molar-refractivity contribution < 1.29 is 14.4 Å². The molecule has 2 fully saturated rings. The van der Waals surface area contributed by atoms with E-state index in [-0.39, 0.29) is 11.9 Å². The first-order chi connectivity index (χ1) is 7.50. The highest BCUT2D eigenvalue weighted by atomic mass is 16.2. The summed E-state index contributed by atoms with van der Waals surface area (Å²) in [6.45, 7) is 3.65. The number of carbonyl (C=O) groups is 3. The minimum absolute atomic E-state index is 0.255. The van der Waals surface area contributed by atoms with Crippen molar-refractivity contribution in [2.24, 2.45) is 5.92 Å². The van der Waals surface area contributed by atoms with Gasteiger partial charge in [-0.2, -0.15) is 0 Å². The standard InChI is InChI=1S/C7H12O.C4H6N2O2/c1-6-4-2-3-5-7(6)8;1-2-3(7)6-4(8)5-2/h6H,2-5H2,1H3;2H,1H3,(H2,5,6,7,8). The molecule has 3 amide bonds. The van der Waals surface area contributed by atoms with Gasteiger partial charge in [0.2, 0.25) is 5.91 Å². The zero-order valence-corrected chi connectivity index (χ0v) is 9.71. The maximum absolute atomic E-state index is 10.8. The number of hydrogen-bond donors (Lipinski definition) is 2. The maximum Gasteiger partial charge on any atom is 0.322 e. The molecule has 1 heterocycles. The van der Waals surface area contributed by atoms with Crippen molar-refractivity contribution in [1.29, 1.82) is 0 Å². The van der Waals surface area contributed by atoms with Crippen LogP contribution in [0.3, 0.4) is 0 Å². The molecule has 2 atom stereocenters. The van der Waals surface area contributed by atoms with Crippen molar-refractivity contribution in [2.45, 2.75) is 45.6 Å². The monoisotopic (exact) mass is 226 g/mol. The van der Waals surface area contributed by atoms with E-state index in [1.165, 1.54) is 6.42 Å². The lowest BCUT2D eigenvalue weighted by Crippen LogP contribution is -2.24. The van der Waals surface area contributed by atoms with E-state index in [1.54, 1.807) is 6.92 Å². The van der Waals surface area contributed by atoms with Gasteiger partial charge in [0.25, 0.3) is 0 Å². The Bertz CT molecular complexity index is 302. The van der Waals surface area contributed by atoms with Gasteiger partial charge in [-0.1, -0.05) is 13.3 Å². The van der Waals surface area contributed by atoms with Crippen LogP contribution in [-0.2, 0) is 9.59 Å². The van der Waals surface area contributed by atoms with Crippen molar-refractivity contribution in [2.75, 3.05) is 0 Å². The SMILES string of the molecule is CC1CCCCC1=O.CC1NC(=O)NC1=O. The number of carbonyl (C=O) groups excluding carboxylic acids is 3. The highest BCUT2D eigenvalue weighted by molar-refractivity contribution is 6.03. The third kappa shape index (κ3) is 3.64. The molecule has 2 aliphatic rings. The van der Waals surface area contributed by atoms with Crippen LogP contribution in [0.4, 0.5) is 4.79 Å². The Morgan fingerprint density at radius 2 is 1.81 bits per heavy atom. The van der Waals surface area contributed by atoms with Crippen molar-refractivity contribution in [1.82, 2.24) is 10.6 Å². The van der Waals surface area contributed by atoms with Crippen molar-refractivity contribution in [3.63, 3.8) is 0 Å². The predicted octanol–water partition coefficient (Wildman–Crippen LogP) is 0.980. The number of rotatable bonds is 0. The molecule has 90 valence electrons. The zero-order chi connectivity index (χ0) is 12.1. The van der Waals surface area contributed by atoms with E-state index in [9.17, 15) is 14.4 Å². The van der Waals surface area contributed by atoms with Crippen LogP contribution in [0, 0.1) is 5.92 Å². The maximum atomic E-state index is 10.8. The Balaban J connectivity index is 0.000000160. The van der Waals surface area contributed by atoms with E-state index < -0.39 is 6.03 Å². The number of imide groups is 1. The quantitative estimate of drug-likeness (QED) is 0.604. The Morgan fingerprint density at radius 1 is 1.12 bits per heavy atom. The third-order valence-electron chi connectivity index (χ3n) is 2.84. The summed E-state index contributed by atoms with van der Waals surface area (Å²) in [5.74, 6) is 0.579. The van der Waals surface area contributed by atoms with Gasteiger partial charge < -0.3 is 5.32 Å². The van der Waals surface area contributed by atoms with Gasteiger partial charge in [0.15, 0.2) is 0 Å². The molecule has 5 nitrogen and oxygen atoms in total. The first kappa shape index (κ1) is 12.7. The molecule has 1 aliphatic heterocycles. The second kappa shape index (κ2) is 5.63. The number of Topliss-reactive ketones (excluding diaryl/α,β-unsaturated/α-hetero) is 1. The van der Waals surface area contributed by atoms with Crippen LogP contribution in [0.15, 0.2) is 0 Å².